The number of halogens is 3. The lowest BCUT2D eigenvalue weighted by Crippen LogP contribution is -2.26. The van der Waals surface area contributed by atoms with Crippen molar-refractivity contribution in [1.29, 1.82) is 0 Å². The number of hydrogen-bond donors (Lipinski definition) is 3. The number of alkyl halides is 3. The van der Waals surface area contributed by atoms with E-state index in [1.807, 2.05) is 0 Å². The number of aromatic nitrogens is 3. The summed E-state index contributed by atoms with van der Waals surface area (Å²) in [6.07, 6.45) is -0.753. The van der Waals surface area contributed by atoms with Gasteiger partial charge in [-0.2, -0.15) is 23.1 Å². The standard InChI is InChI=1S/C20H21F3N6O5/c1-12-10-25-13(28-18(12)34-17(32)8-7-16(30)31)5-3-9-33-15-6-2-4-14(27-15)29-19(24)26-11-20(21,22)23/h2,4,6-8,10H,3,5,9,11H2,1H3,(H,30,31)(H3,24,26,27,29)/b8-7-. The highest BCUT2D eigenvalue weighted by atomic mass is 19.4. The highest BCUT2D eigenvalue weighted by molar-refractivity contribution is 5.92. The minimum atomic E-state index is -4.47. The topological polar surface area (TPSA) is 162 Å². The van der Waals surface area contributed by atoms with Gasteiger partial charge in [0.15, 0.2) is 5.96 Å². The van der Waals surface area contributed by atoms with Crippen molar-refractivity contribution in [1.82, 2.24) is 15.0 Å². The van der Waals surface area contributed by atoms with Gasteiger partial charge in [-0.05, 0) is 19.4 Å². The first-order valence-electron chi connectivity index (χ1n) is 9.71. The SMILES string of the molecule is Cc1cnc(CCCOc2cccc(NC(N)=NCC(F)(F)F)n2)nc1OC(=O)/C=C\C(=O)O. The van der Waals surface area contributed by atoms with Crippen molar-refractivity contribution in [2.24, 2.45) is 10.7 Å². The number of rotatable bonds is 10. The summed E-state index contributed by atoms with van der Waals surface area (Å²) in [6, 6.07) is 4.61. The lowest BCUT2D eigenvalue weighted by atomic mass is 10.3. The van der Waals surface area contributed by atoms with E-state index in [1.54, 1.807) is 19.1 Å². The Morgan fingerprint density at radius 1 is 1.26 bits per heavy atom. The second kappa shape index (κ2) is 12.1. The second-order valence-electron chi connectivity index (χ2n) is 6.62. The Hall–Kier alpha value is -4.23. The number of aliphatic carboxylic acids is 1. The number of carboxylic acid groups (broad SMARTS) is 1. The predicted octanol–water partition coefficient (Wildman–Crippen LogP) is 2.03. The fourth-order valence-corrected chi connectivity index (χ4v) is 2.27. The monoisotopic (exact) mass is 482 g/mol. The van der Waals surface area contributed by atoms with Crippen molar-refractivity contribution >= 4 is 23.7 Å². The maximum Gasteiger partial charge on any atom is 0.408 e. The average Bonchev–Trinajstić information content (AvgIpc) is 2.76. The van der Waals surface area contributed by atoms with E-state index < -0.39 is 30.6 Å². The Labute approximate surface area is 191 Å². The number of hydrogen-bond acceptors (Lipinski definition) is 8. The summed E-state index contributed by atoms with van der Waals surface area (Å²) in [4.78, 5) is 37.6. The first-order chi connectivity index (χ1) is 16.0. The second-order valence-corrected chi connectivity index (χ2v) is 6.62. The number of nitrogens with one attached hydrogen (secondary N) is 1. The van der Waals surface area contributed by atoms with Crippen LogP contribution in [0.4, 0.5) is 19.0 Å². The van der Waals surface area contributed by atoms with Crippen LogP contribution in [0, 0.1) is 6.92 Å². The molecule has 0 aliphatic carbocycles. The molecule has 0 bridgehead atoms. The van der Waals surface area contributed by atoms with E-state index in [2.05, 4.69) is 25.3 Å². The van der Waals surface area contributed by atoms with Crippen LogP contribution in [0.2, 0.25) is 0 Å². The molecule has 182 valence electrons. The highest BCUT2D eigenvalue weighted by Crippen LogP contribution is 2.16. The number of anilines is 1. The van der Waals surface area contributed by atoms with Crippen LogP contribution in [0.25, 0.3) is 0 Å². The van der Waals surface area contributed by atoms with Crippen LogP contribution in [-0.2, 0) is 16.0 Å². The van der Waals surface area contributed by atoms with Crippen LogP contribution in [0.5, 0.6) is 11.8 Å². The van der Waals surface area contributed by atoms with Crippen molar-refractivity contribution in [3.8, 4) is 11.8 Å². The van der Waals surface area contributed by atoms with Crippen LogP contribution in [0.15, 0.2) is 41.5 Å². The summed E-state index contributed by atoms with van der Waals surface area (Å²) in [7, 11) is 0. The van der Waals surface area contributed by atoms with Gasteiger partial charge in [0.25, 0.3) is 0 Å². The zero-order chi connectivity index (χ0) is 25.1. The number of esters is 1. The van der Waals surface area contributed by atoms with Crippen LogP contribution < -0.4 is 20.5 Å². The molecule has 2 heterocycles. The smallest absolute Gasteiger partial charge is 0.408 e. The van der Waals surface area contributed by atoms with E-state index >= 15 is 0 Å². The van der Waals surface area contributed by atoms with Gasteiger partial charge < -0.3 is 25.6 Å². The van der Waals surface area contributed by atoms with Gasteiger partial charge >= 0.3 is 18.1 Å². The summed E-state index contributed by atoms with van der Waals surface area (Å²) >= 11 is 0. The molecule has 0 saturated heterocycles. The van der Waals surface area contributed by atoms with Gasteiger partial charge in [0.05, 0.1) is 6.61 Å². The van der Waals surface area contributed by atoms with Gasteiger partial charge in [-0.25, -0.2) is 19.6 Å². The lowest BCUT2D eigenvalue weighted by molar-refractivity contribution is -0.133. The van der Waals surface area contributed by atoms with Gasteiger partial charge in [0.1, 0.15) is 18.2 Å². The number of pyridine rings is 1. The molecule has 0 radical (unpaired) electrons. The van der Waals surface area contributed by atoms with E-state index in [4.69, 9.17) is 20.3 Å². The number of guanidine groups is 1. The molecule has 0 aliphatic heterocycles. The maximum absolute atomic E-state index is 12.2. The third-order valence-electron chi connectivity index (χ3n) is 3.74. The average molecular weight is 482 g/mol. The molecule has 4 N–H and O–H groups in total. The number of nitrogens with zero attached hydrogens (tertiary/aromatic N) is 4. The summed E-state index contributed by atoms with van der Waals surface area (Å²) < 4.78 is 47.1. The number of aryl methyl sites for hydroxylation is 2. The summed E-state index contributed by atoms with van der Waals surface area (Å²) in [5.41, 5.74) is 5.90. The Balaban J connectivity index is 1.86. The van der Waals surface area contributed by atoms with Crippen LogP contribution in [0.1, 0.15) is 17.8 Å². The molecule has 0 aromatic carbocycles. The van der Waals surface area contributed by atoms with E-state index in [1.165, 1.54) is 12.3 Å². The maximum atomic E-state index is 12.2. The Morgan fingerprint density at radius 2 is 2.03 bits per heavy atom. The molecule has 2 rings (SSSR count). The molecule has 0 saturated carbocycles. The van der Waals surface area contributed by atoms with Gasteiger partial charge in [-0.3, -0.25) is 0 Å². The zero-order valence-electron chi connectivity index (χ0n) is 17.9. The fourth-order valence-electron chi connectivity index (χ4n) is 2.27. The van der Waals surface area contributed by atoms with Gasteiger partial charge in [-0.1, -0.05) is 6.07 Å². The third-order valence-corrected chi connectivity index (χ3v) is 3.74. The van der Waals surface area contributed by atoms with E-state index in [0.717, 1.165) is 6.08 Å². The van der Waals surface area contributed by atoms with Gasteiger partial charge in [0, 0.05) is 36.4 Å². The number of carbonyl (C=O) groups is 2. The quantitative estimate of drug-likeness (QED) is 0.150. The van der Waals surface area contributed by atoms with Crippen molar-refractivity contribution < 1.29 is 37.3 Å². The minimum Gasteiger partial charge on any atom is -0.478 e. The highest BCUT2D eigenvalue weighted by Gasteiger charge is 2.26. The molecular formula is C20H21F3N6O5. The third kappa shape index (κ3) is 9.93. The van der Waals surface area contributed by atoms with Crippen molar-refractivity contribution in [2.45, 2.75) is 25.9 Å². The Kier molecular flexibility index (Phi) is 9.28. The van der Waals surface area contributed by atoms with Crippen LogP contribution in [0.3, 0.4) is 0 Å². The number of aliphatic imine (C=N–C) groups is 1. The molecule has 0 unspecified atom stereocenters. The summed E-state index contributed by atoms with van der Waals surface area (Å²) in [5.74, 6) is -1.86. The molecule has 11 nitrogen and oxygen atoms in total. The van der Waals surface area contributed by atoms with Gasteiger partial charge in [0.2, 0.25) is 11.8 Å². The number of ether oxygens (including phenoxy) is 2. The van der Waals surface area contributed by atoms with E-state index in [9.17, 15) is 22.8 Å². The van der Waals surface area contributed by atoms with Crippen molar-refractivity contribution in [2.75, 3.05) is 18.5 Å². The molecular weight excluding hydrogens is 461 g/mol. The fraction of sp³-hybridized carbons (Fsp3) is 0.300. The summed E-state index contributed by atoms with van der Waals surface area (Å²) in [5, 5.41) is 11.0. The first-order valence-corrected chi connectivity index (χ1v) is 9.71. The van der Waals surface area contributed by atoms with Crippen molar-refractivity contribution in [3.63, 3.8) is 0 Å². The first kappa shape index (κ1) is 26.0. The molecule has 0 atom stereocenters. The number of carboxylic acids is 1. The number of carbonyl (C=O) groups excluding carboxylic acids is 1. The zero-order valence-corrected chi connectivity index (χ0v) is 17.9. The summed E-state index contributed by atoms with van der Waals surface area (Å²) in [6.45, 7) is 0.425. The van der Waals surface area contributed by atoms with Crippen molar-refractivity contribution in [3.05, 3.63) is 47.9 Å². The molecule has 0 aliphatic rings. The van der Waals surface area contributed by atoms with Crippen LogP contribution in [-0.4, -0.2) is 57.3 Å². The van der Waals surface area contributed by atoms with E-state index in [0.29, 0.717) is 30.3 Å². The predicted molar refractivity (Wildman–Crippen MR) is 113 cm³/mol. The molecule has 0 fully saturated rings. The minimum absolute atomic E-state index is 0.0103. The Bertz CT molecular complexity index is 1070. The molecule has 14 heteroatoms. The Morgan fingerprint density at radius 3 is 2.74 bits per heavy atom. The molecule has 2 aromatic heterocycles. The number of nitrogens with two attached hydrogens (primary N) is 1. The molecule has 34 heavy (non-hydrogen) atoms. The normalized spacial score (nSPS) is 11.9. The molecule has 0 spiro atoms. The van der Waals surface area contributed by atoms with Crippen LogP contribution >= 0.6 is 0 Å². The largest absolute Gasteiger partial charge is 0.478 e. The molecule has 0 amide bonds. The van der Waals surface area contributed by atoms with Gasteiger partial charge in [-0.15, -0.1) is 0 Å². The lowest BCUT2D eigenvalue weighted by Gasteiger charge is -2.09. The molecule has 2 aromatic rings. The van der Waals surface area contributed by atoms with E-state index in [-0.39, 0.29) is 24.2 Å².